The van der Waals surface area contributed by atoms with Gasteiger partial charge in [-0.05, 0) is 12.5 Å². The lowest BCUT2D eigenvalue weighted by Crippen LogP contribution is -2.30. The number of nitrogens with one attached hydrogen (secondary N) is 1. The van der Waals surface area contributed by atoms with Gasteiger partial charge >= 0.3 is 0 Å². The van der Waals surface area contributed by atoms with Crippen LogP contribution >= 0.6 is 0 Å². The summed E-state index contributed by atoms with van der Waals surface area (Å²) in [6.45, 7) is 4.14. The minimum atomic E-state index is 0.949. The van der Waals surface area contributed by atoms with E-state index in [2.05, 4.69) is 44.5 Å². The summed E-state index contributed by atoms with van der Waals surface area (Å²) in [5, 5.41) is 12.1. The minimum Gasteiger partial charge on any atom is -0.301 e. The summed E-state index contributed by atoms with van der Waals surface area (Å²) < 4.78 is 2.00. The fraction of sp³-hybridized carbons (Fsp3) is 0.333. The predicted octanol–water partition coefficient (Wildman–Crippen LogP) is 2.37. The van der Waals surface area contributed by atoms with Gasteiger partial charge < -0.3 is 4.90 Å². The van der Waals surface area contributed by atoms with Crippen molar-refractivity contribution in [1.29, 1.82) is 0 Å². The van der Waals surface area contributed by atoms with Crippen LogP contribution in [0.4, 0.5) is 0 Å². The molecule has 118 valence electrons. The molecule has 0 amide bonds. The van der Waals surface area contributed by atoms with E-state index < -0.39 is 0 Å². The van der Waals surface area contributed by atoms with E-state index in [1.165, 1.54) is 16.8 Å². The van der Waals surface area contributed by atoms with Gasteiger partial charge in [0.05, 0.1) is 12.2 Å². The van der Waals surface area contributed by atoms with Crippen LogP contribution in [0.2, 0.25) is 0 Å². The smallest absolute Gasteiger partial charge is 0.0955 e. The fourth-order valence-corrected chi connectivity index (χ4v) is 3.26. The summed E-state index contributed by atoms with van der Waals surface area (Å²) >= 11 is 0. The van der Waals surface area contributed by atoms with Crippen molar-refractivity contribution >= 4 is 0 Å². The topological polar surface area (TPSA) is 49.7 Å². The number of hydrogen-bond acceptors (Lipinski definition) is 3. The molecule has 0 fully saturated rings. The number of benzene rings is 1. The van der Waals surface area contributed by atoms with Crippen LogP contribution < -0.4 is 0 Å². The van der Waals surface area contributed by atoms with Gasteiger partial charge in [-0.3, -0.25) is 9.78 Å². The van der Waals surface area contributed by atoms with Crippen molar-refractivity contribution in [3.05, 3.63) is 60.0 Å². The highest BCUT2D eigenvalue weighted by Crippen LogP contribution is 2.26. The van der Waals surface area contributed by atoms with Gasteiger partial charge in [-0.2, -0.15) is 10.2 Å². The summed E-state index contributed by atoms with van der Waals surface area (Å²) in [4.78, 5) is 2.52. The van der Waals surface area contributed by atoms with E-state index in [4.69, 9.17) is 0 Å². The molecule has 0 unspecified atom stereocenters. The first-order valence-corrected chi connectivity index (χ1v) is 8.21. The summed E-state index contributed by atoms with van der Waals surface area (Å²) in [7, 11) is 0. The predicted molar refractivity (Wildman–Crippen MR) is 90.1 cm³/mol. The zero-order valence-corrected chi connectivity index (χ0v) is 13.2. The third-order valence-corrected chi connectivity index (χ3v) is 4.56. The normalized spacial score (nSPS) is 15.3. The van der Waals surface area contributed by atoms with Gasteiger partial charge in [-0.15, -0.1) is 0 Å². The number of rotatable bonds is 4. The van der Waals surface area contributed by atoms with Crippen LogP contribution in [0.15, 0.2) is 48.8 Å². The molecule has 5 nitrogen and oxygen atoms in total. The summed E-state index contributed by atoms with van der Waals surface area (Å²) in [5.74, 6) is 0. The molecule has 3 heterocycles. The fourth-order valence-electron chi connectivity index (χ4n) is 3.26. The highest BCUT2D eigenvalue weighted by molar-refractivity contribution is 5.64. The molecule has 0 spiro atoms. The third-order valence-electron chi connectivity index (χ3n) is 4.56. The van der Waals surface area contributed by atoms with E-state index in [0.717, 1.165) is 44.7 Å². The molecule has 4 rings (SSSR count). The van der Waals surface area contributed by atoms with E-state index >= 15 is 0 Å². The van der Waals surface area contributed by atoms with E-state index in [0.29, 0.717) is 0 Å². The average molecular weight is 307 g/mol. The van der Waals surface area contributed by atoms with E-state index in [1.54, 1.807) is 0 Å². The molecule has 3 aromatic rings. The maximum absolute atomic E-state index is 4.56. The highest BCUT2D eigenvalue weighted by Gasteiger charge is 2.20. The van der Waals surface area contributed by atoms with Gasteiger partial charge in [0.15, 0.2) is 0 Å². The van der Waals surface area contributed by atoms with E-state index in [1.807, 2.05) is 29.2 Å². The molecule has 0 saturated carbocycles. The molecule has 1 N–H and O–H groups in total. The zero-order valence-electron chi connectivity index (χ0n) is 13.2. The molecule has 0 aliphatic carbocycles. The van der Waals surface area contributed by atoms with Crippen molar-refractivity contribution in [2.24, 2.45) is 0 Å². The number of H-pyrrole nitrogens is 1. The Balaban J connectivity index is 1.46. The van der Waals surface area contributed by atoms with Crippen LogP contribution in [0.3, 0.4) is 0 Å². The van der Waals surface area contributed by atoms with Gasteiger partial charge in [0, 0.05) is 55.3 Å². The SMILES string of the molecule is c1ccc(-c2n[nH]c3c2CCN(CCn2cccn2)CC3)cc1. The lowest BCUT2D eigenvalue weighted by atomic mass is 10.0. The van der Waals surface area contributed by atoms with Crippen LogP contribution in [0.5, 0.6) is 0 Å². The second-order valence-corrected chi connectivity index (χ2v) is 6.01. The molecular formula is C18H21N5. The van der Waals surface area contributed by atoms with Gasteiger partial charge in [0.25, 0.3) is 0 Å². The van der Waals surface area contributed by atoms with Gasteiger partial charge in [0.2, 0.25) is 0 Å². The van der Waals surface area contributed by atoms with Crippen LogP contribution in [-0.4, -0.2) is 44.5 Å². The molecule has 0 radical (unpaired) electrons. The molecule has 23 heavy (non-hydrogen) atoms. The molecule has 0 saturated heterocycles. The summed E-state index contributed by atoms with van der Waals surface area (Å²) in [5.41, 5.74) is 5.01. The van der Waals surface area contributed by atoms with Gasteiger partial charge in [-0.1, -0.05) is 30.3 Å². The van der Waals surface area contributed by atoms with E-state index in [9.17, 15) is 0 Å². The van der Waals surface area contributed by atoms with Crippen molar-refractivity contribution in [3.63, 3.8) is 0 Å². The first-order valence-electron chi connectivity index (χ1n) is 8.21. The Labute approximate surface area is 135 Å². The molecule has 1 aromatic carbocycles. The maximum Gasteiger partial charge on any atom is 0.0955 e. The van der Waals surface area contributed by atoms with Crippen molar-refractivity contribution in [2.45, 2.75) is 19.4 Å². The lowest BCUT2D eigenvalue weighted by Gasteiger charge is -2.19. The van der Waals surface area contributed by atoms with E-state index in [-0.39, 0.29) is 0 Å². The monoisotopic (exact) mass is 307 g/mol. The molecule has 2 aromatic heterocycles. The summed E-state index contributed by atoms with van der Waals surface area (Å²) in [6.07, 6.45) is 5.95. The van der Waals surface area contributed by atoms with Crippen molar-refractivity contribution < 1.29 is 0 Å². The van der Waals surface area contributed by atoms with Crippen molar-refractivity contribution in [3.8, 4) is 11.3 Å². The molecule has 1 aliphatic heterocycles. The minimum absolute atomic E-state index is 0.949. The standard InChI is InChI=1S/C18H21N5/c1-2-5-15(6-3-1)18-16-7-11-22(12-8-17(16)20-21-18)13-14-23-10-4-9-19-23/h1-6,9-10H,7-8,11-14H2,(H,20,21). The molecule has 0 atom stereocenters. The first-order chi connectivity index (χ1) is 11.4. The number of hydrogen-bond donors (Lipinski definition) is 1. The molecule has 1 aliphatic rings. The second kappa shape index (κ2) is 6.38. The highest BCUT2D eigenvalue weighted by atomic mass is 15.3. The summed E-state index contributed by atoms with van der Waals surface area (Å²) in [6, 6.07) is 12.4. The largest absolute Gasteiger partial charge is 0.301 e. The second-order valence-electron chi connectivity index (χ2n) is 6.01. The van der Waals surface area contributed by atoms with Gasteiger partial charge in [0.1, 0.15) is 0 Å². The Morgan fingerprint density at radius 3 is 2.70 bits per heavy atom. The number of nitrogens with zero attached hydrogens (tertiary/aromatic N) is 4. The Bertz CT molecular complexity index is 745. The Morgan fingerprint density at radius 1 is 1.00 bits per heavy atom. The molecular weight excluding hydrogens is 286 g/mol. The maximum atomic E-state index is 4.56. The third kappa shape index (κ3) is 3.05. The van der Waals surface area contributed by atoms with Crippen LogP contribution in [-0.2, 0) is 19.4 Å². The Hall–Kier alpha value is -2.40. The molecule has 5 heteroatoms. The Kier molecular flexibility index (Phi) is 3.94. The number of aromatic nitrogens is 4. The van der Waals surface area contributed by atoms with Gasteiger partial charge in [-0.25, -0.2) is 0 Å². The first kappa shape index (κ1) is 14.2. The quantitative estimate of drug-likeness (QED) is 0.805. The van der Waals surface area contributed by atoms with Crippen molar-refractivity contribution in [1.82, 2.24) is 24.9 Å². The zero-order chi connectivity index (χ0) is 15.5. The molecule has 0 bridgehead atoms. The lowest BCUT2D eigenvalue weighted by molar-refractivity contribution is 0.270. The number of fused-ring (bicyclic) bond motifs is 1. The Morgan fingerprint density at radius 2 is 1.87 bits per heavy atom. The van der Waals surface area contributed by atoms with Crippen molar-refractivity contribution in [2.75, 3.05) is 19.6 Å². The van der Waals surface area contributed by atoms with Crippen LogP contribution in [0, 0.1) is 0 Å². The number of aromatic amines is 1. The van der Waals surface area contributed by atoms with Crippen LogP contribution in [0.25, 0.3) is 11.3 Å². The average Bonchev–Trinajstić information content (AvgIpc) is 3.21. The van der Waals surface area contributed by atoms with Crippen LogP contribution in [0.1, 0.15) is 11.3 Å².